The normalized spacial score (nSPS) is 13.9. The molecule has 1 aliphatic heterocycles. The lowest BCUT2D eigenvalue weighted by atomic mass is 10.2. The summed E-state index contributed by atoms with van der Waals surface area (Å²) in [7, 11) is 1.17. The van der Waals surface area contributed by atoms with E-state index in [0.29, 0.717) is 22.0 Å². The summed E-state index contributed by atoms with van der Waals surface area (Å²) in [6.07, 6.45) is 0.818. The number of nitrogens with one attached hydrogen (secondary N) is 1. The molecule has 2 heterocycles. The Hall–Kier alpha value is -2.40. The molecule has 0 unspecified atom stereocenters. The third kappa shape index (κ3) is 6.55. The summed E-state index contributed by atoms with van der Waals surface area (Å²) in [5, 5.41) is 13.3. The molecule has 4 rings (SSSR count). The number of nitrogens with zero attached hydrogens (tertiary/aromatic N) is 2. The van der Waals surface area contributed by atoms with Crippen LogP contribution in [-0.4, -0.2) is 55.7 Å². The van der Waals surface area contributed by atoms with Crippen LogP contribution in [0.5, 0.6) is 5.75 Å². The second-order valence-electron chi connectivity index (χ2n) is 6.85. The molecular weight excluding hydrogens is 522 g/mol. The number of pyridine rings is 1. The Balaban J connectivity index is 0.000000181. The van der Waals surface area contributed by atoms with E-state index in [0.717, 1.165) is 37.9 Å². The van der Waals surface area contributed by atoms with Gasteiger partial charge in [0.05, 0.1) is 11.7 Å². The molecule has 3 aromatic rings. The molecule has 1 aliphatic rings. The molecule has 0 aliphatic carbocycles. The smallest absolute Gasteiger partial charge is 0.410 e. The van der Waals surface area contributed by atoms with Crippen LogP contribution in [0.15, 0.2) is 64.1 Å². The molecule has 2 aromatic carbocycles. The molecule has 1 amide bonds. The summed E-state index contributed by atoms with van der Waals surface area (Å²) in [5.74, 6) is -0.388. The van der Waals surface area contributed by atoms with Gasteiger partial charge in [-0.3, -0.25) is 4.98 Å². The van der Waals surface area contributed by atoms with Gasteiger partial charge in [-0.05, 0) is 23.8 Å². The predicted molar refractivity (Wildman–Crippen MR) is 125 cm³/mol. The highest BCUT2D eigenvalue weighted by atomic mass is 79.9. The summed E-state index contributed by atoms with van der Waals surface area (Å²) < 4.78 is 28.2. The van der Waals surface area contributed by atoms with Crippen LogP contribution in [0.3, 0.4) is 0 Å². The van der Waals surface area contributed by atoms with E-state index in [9.17, 15) is 18.3 Å². The van der Waals surface area contributed by atoms with Gasteiger partial charge in [-0.1, -0.05) is 46.3 Å². The van der Waals surface area contributed by atoms with Crippen molar-refractivity contribution < 1.29 is 23.1 Å². The van der Waals surface area contributed by atoms with Crippen molar-refractivity contribution in [1.29, 1.82) is 0 Å². The van der Waals surface area contributed by atoms with Gasteiger partial charge in [0.2, 0.25) is 0 Å². The van der Waals surface area contributed by atoms with Crippen molar-refractivity contribution in [1.82, 2.24) is 15.2 Å². The fourth-order valence-electron chi connectivity index (χ4n) is 2.97. The largest absolute Gasteiger partial charge is 0.506 e. The van der Waals surface area contributed by atoms with Crippen LogP contribution >= 0.6 is 26.6 Å². The molecule has 8 nitrogen and oxygen atoms in total. The average molecular weight is 543 g/mol. The number of hydrogen-bond donors (Lipinski definition) is 2. The van der Waals surface area contributed by atoms with E-state index < -0.39 is 9.05 Å². The first-order valence-corrected chi connectivity index (χ1v) is 12.7. The number of carbonyl (C=O) groups excluding carboxylic acids is 1. The van der Waals surface area contributed by atoms with E-state index in [1.807, 2.05) is 30.3 Å². The van der Waals surface area contributed by atoms with Crippen LogP contribution < -0.4 is 5.32 Å². The Morgan fingerprint density at radius 3 is 2.53 bits per heavy atom. The maximum absolute atomic E-state index is 11.6. The molecule has 0 bridgehead atoms. The lowest BCUT2D eigenvalue weighted by Crippen LogP contribution is -2.46. The first-order valence-electron chi connectivity index (χ1n) is 9.64. The van der Waals surface area contributed by atoms with Crippen LogP contribution in [0.25, 0.3) is 10.9 Å². The topological polar surface area (TPSA) is 109 Å². The number of amides is 1. The quantitative estimate of drug-likeness (QED) is 0.484. The SMILES string of the molecule is O=C(OCc1ccccc1)N1CCNCC1.O=S(=O)(Cl)c1cnc2ccc(Br)cc2c1O. The molecule has 170 valence electrons. The number of benzene rings is 2. The zero-order valence-corrected chi connectivity index (χ0v) is 20.0. The van der Waals surface area contributed by atoms with Crippen molar-refractivity contribution in [2.75, 3.05) is 26.2 Å². The predicted octanol–water partition coefficient (Wildman–Crippen LogP) is 3.86. The highest BCUT2D eigenvalue weighted by Crippen LogP contribution is 2.33. The monoisotopic (exact) mass is 541 g/mol. The minimum atomic E-state index is -3.99. The third-order valence-corrected chi connectivity index (χ3v) is 6.43. The van der Waals surface area contributed by atoms with E-state index in [-0.39, 0.29) is 16.7 Å². The number of aromatic hydroxyl groups is 1. The average Bonchev–Trinajstić information content (AvgIpc) is 2.79. The molecular formula is C21H21BrClN3O5S. The number of rotatable bonds is 3. The second kappa shape index (κ2) is 11.0. The minimum Gasteiger partial charge on any atom is -0.506 e. The van der Waals surface area contributed by atoms with Crippen LogP contribution in [-0.2, 0) is 20.4 Å². The molecule has 2 N–H and O–H groups in total. The van der Waals surface area contributed by atoms with E-state index in [2.05, 4.69) is 26.2 Å². The van der Waals surface area contributed by atoms with Crippen molar-refractivity contribution in [2.45, 2.75) is 11.5 Å². The van der Waals surface area contributed by atoms with Gasteiger partial charge in [0, 0.05) is 46.7 Å². The van der Waals surface area contributed by atoms with Gasteiger partial charge in [0.1, 0.15) is 17.3 Å². The van der Waals surface area contributed by atoms with E-state index in [1.54, 1.807) is 23.1 Å². The number of hydrogen-bond acceptors (Lipinski definition) is 7. The molecule has 0 radical (unpaired) electrons. The zero-order valence-electron chi connectivity index (χ0n) is 16.9. The first-order chi connectivity index (χ1) is 15.3. The van der Waals surface area contributed by atoms with Gasteiger partial charge in [0.15, 0.2) is 0 Å². The summed E-state index contributed by atoms with van der Waals surface area (Å²) in [6.45, 7) is 3.51. The van der Waals surface area contributed by atoms with Crippen molar-refractivity contribution in [3.8, 4) is 5.75 Å². The Bertz CT molecular complexity index is 1190. The standard InChI is InChI=1S/C12H16N2O2.C9H5BrClNO3S/c15-12(14-8-6-13-7-9-14)16-10-11-4-2-1-3-5-11;10-5-1-2-7-6(3-5)9(13)8(4-12-7)16(11,14)15/h1-5,13H,6-10H2;1-4H,(H,12,13). The first kappa shape index (κ1) is 24.2. The van der Waals surface area contributed by atoms with E-state index in [1.165, 1.54) is 0 Å². The summed E-state index contributed by atoms with van der Waals surface area (Å²) in [5.41, 5.74) is 1.51. The van der Waals surface area contributed by atoms with Crippen LogP contribution in [0.4, 0.5) is 4.79 Å². The third-order valence-electron chi connectivity index (χ3n) is 4.61. The Labute approximate surface area is 198 Å². The molecule has 32 heavy (non-hydrogen) atoms. The minimum absolute atomic E-state index is 0.217. The summed E-state index contributed by atoms with van der Waals surface area (Å²) >= 11 is 3.22. The van der Waals surface area contributed by atoms with Gasteiger partial charge in [-0.15, -0.1) is 0 Å². The van der Waals surface area contributed by atoms with E-state index in [4.69, 9.17) is 15.4 Å². The van der Waals surface area contributed by atoms with Crippen LogP contribution in [0.2, 0.25) is 0 Å². The molecule has 0 atom stereocenters. The molecule has 11 heteroatoms. The van der Waals surface area contributed by atoms with Gasteiger partial charge in [0.25, 0.3) is 9.05 Å². The highest BCUT2D eigenvalue weighted by Gasteiger charge is 2.19. The Kier molecular flexibility index (Phi) is 8.30. The number of aromatic nitrogens is 1. The highest BCUT2D eigenvalue weighted by molar-refractivity contribution is 9.10. The molecule has 0 saturated carbocycles. The molecule has 1 aromatic heterocycles. The number of piperazine rings is 1. The number of fused-ring (bicyclic) bond motifs is 1. The fourth-order valence-corrected chi connectivity index (χ4v) is 4.19. The van der Waals surface area contributed by atoms with Crippen molar-refractivity contribution >= 4 is 52.7 Å². The molecule has 1 saturated heterocycles. The maximum atomic E-state index is 11.6. The van der Waals surface area contributed by atoms with Crippen molar-refractivity contribution in [3.05, 3.63) is 64.8 Å². The van der Waals surface area contributed by atoms with E-state index >= 15 is 0 Å². The lowest BCUT2D eigenvalue weighted by molar-refractivity contribution is 0.0918. The summed E-state index contributed by atoms with van der Waals surface area (Å²) in [4.78, 5) is 16.9. The van der Waals surface area contributed by atoms with Crippen LogP contribution in [0, 0.1) is 0 Å². The molecule has 0 spiro atoms. The fraction of sp³-hybridized carbons (Fsp3) is 0.238. The number of halogens is 2. The second-order valence-corrected chi connectivity index (χ2v) is 10.3. The van der Waals surface area contributed by atoms with Gasteiger partial charge < -0.3 is 20.1 Å². The van der Waals surface area contributed by atoms with Gasteiger partial charge >= 0.3 is 6.09 Å². The molecule has 1 fully saturated rings. The number of ether oxygens (including phenoxy) is 1. The van der Waals surface area contributed by atoms with Crippen molar-refractivity contribution in [2.24, 2.45) is 0 Å². The zero-order chi connectivity index (χ0) is 23.1. The maximum Gasteiger partial charge on any atom is 0.410 e. The van der Waals surface area contributed by atoms with Crippen LogP contribution in [0.1, 0.15) is 5.56 Å². The van der Waals surface area contributed by atoms with Crippen molar-refractivity contribution in [3.63, 3.8) is 0 Å². The lowest BCUT2D eigenvalue weighted by Gasteiger charge is -2.26. The van der Waals surface area contributed by atoms with Gasteiger partial charge in [-0.2, -0.15) is 0 Å². The van der Waals surface area contributed by atoms with Gasteiger partial charge in [-0.25, -0.2) is 13.2 Å². The number of carbonyl (C=O) groups is 1. The Morgan fingerprint density at radius 1 is 1.19 bits per heavy atom. The Morgan fingerprint density at radius 2 is 1.88 bits per heavy atom. The summed E-state index contributed by atoms with van der Waals surface area (Å²) in [6, 6.07) is 14.7.